The summed E-state index contributed by atoms with van der Waals surface area (Å²) in [6.07, 6.45) is -0.0965. The van der Waals surface area contributed by atoms with E-state index in [9.17, 15) is 14.0 Å². The average Bonchev–Trinajstić information content (AvgIpc) is 2.57. The van der Waals surface area contributed by atoms with Crippen LogP contribution in [0.1, 0.15) is 5.56 Å². The maximum absolute atomic E-state index is 13.2. The van der Waals surface area contributed by atoms with Crippen LogP contribution in [0.25, 0.3) is 10.9 Å². The minimum atomic E-state index is -0.462. The average molecular weight is 326 g/mol. The van der Waals surface area contributed by atoms with Crippen molar-refractivity contribution in [3.63, 3.8) is 0 Å². The third-order valence-corrected chi connectivity index (χ3v) is 3.62. The molecule has 5 nitrogen and oxygen atoms in total. The fourth-order valence-corrected chi connectivity index (χ4v) is 2.46. The summed E-state index contributed by atoms with van der Waals surface area (Å²) < 4.78 is 18.2. The lowest BCUT2D eigenvalue weighted by Crippen LogP contribution is -2.21. The van der Waals surface area contributed by atoms with Gasteiger partial charge in [-0.25, -0.2) is 4.39 Å². The smallest absolute Gasteiger partial charge is 0.252 e. The van der Waals surface area contributed by atoms with Crippen LogP contribution in [0, 0.1) is 5.82 Å². The van der Waals surface area contributed by atoms with Crippen LogP contribution in [0.3, 0.4) is 0 Å². The molecule has 0 unspecified atom stereocenters. The lowest BCUT2D eigenvalue weighted by molar-refractivity contribution is -0.115. The van der Waals surface area contributed by atoms with E-state index in [2.05, 4.69) is 10.3 Å². The zero-order valence-corrected chi connectivity index (χ0v) is 12.9. The van der Waals surface area contributed by atoms with E-state index >= 15 is 0 Å². The molecule has 3 aromatic rings. The number of anilines is 1. The van der Waals surface area contributed by atoms with Gasteiger partial charge >= 0.3 is 0 Å². The Balaban J connectivity index is 1.83. The number of carbonyl (C=O) groups is 1. The Hall–Kier alpha value is -3.15. The van der Waals surface area contributed by atoms with Crippen molar-refractivity contribution >= 4 is 22.5 Å². The molecule has 3 rings (SSSR count). The van der Waals surface area contributed by atoms with E-state index in [0.29, 0.717) is 16.8 Å². The van der Waals surface area contributed by atoms with E-state index in [1.54, 1.807) is 12.1 Å². The predicted molar refractivity (Wildman–Crippen MR) is 89.9 cm³/mol. The van der Waals surface area contributed by atoms with Crippen LogP contribution < -0.4 is 15.6 Å². The standard InChI is InChI=1S/C18H15FN2O3/c1-24-16-10-13(19)6-7-15(16)20-17(22)9-12-8-11-4-2-3-5-14(11)21-18(12)23/h2-8,10H,9H2,1H3,(H,20,22)(H,21,23). The van der Waals surface area contributed by atoms with Crippen LogP contribution in [0.15, 0.2) is 53.3 Å². The number of nitrogens with one attached hydrogen (secondary N) is 2. The minimum Gasteiger partial charge on any atom is -0.494 e. The molecular weight excluding hydrogens is 311 g/mol. The molecular formula is C18H15FN2O3. The Kier molecular flexibility index (Phi) is 4.29. The number of aromatic amines is 1. The number of pyridine rings is 1. The van der Waals surface area contributed by atoms with Gasteiger partial charge in [-0.15, -0.1) is 0 Å². The highest BCUT2D eigenvalue weighted by atomic mass is 19.1. The first-order valence-corrected chi connectivity index (χ1v) is 7.31. The second-order valence-corrected chi connectivity index (χ2v) is 5.28. The number of hydrogen-bond donors (Lipinski definition) is 2. The number of ether oxygens (including phenoxy) is 1. The van der Waals surface area contributed by atoms with Crippen molar-refractivity contribution < 1.29 is 13.9 Å². The highest BCUT2D eigenvalue weighted by Gasteiger charge is 2.12. The van der Waals surface area contributed by atoms with Crippen molar-refractivity contribution in [1.82, 2.24) is 4.98 Å². The SMILES string of the molecule is COc1cc(F)ccc1NC(=O)Cc1cc2ccccc2[nH]c1=O. The first-order valence-electron chi connectivity index (χ1n) is 7.31. The van der Waals surface area contributed by atoms with Gasteiger partial charge in [-0.3, -0.25) is 9.59 Å². The molecule has 0 bridgehead atoms. The van der Waals surface area contributed by atoms with Gasteiger partial charge in [-0.2, -0.15) is 0 Å². The number of para-hydroxylation sites is 1. The number of amides is 1. The Morgan fingerprint density at radius 2 is 2.00 bits per heavy atom. The van der Waals surface area contributed by atoms with Gasteiger partial charge in [0.2, 0.25) is 5.91 Å². The Morgan fingerprint density at radius 1 is 1.21 bits per heavy atom. The van der Waals surface area contributed by atoms with Gasteiger partial charge in [-0.1, -0.05) is 18.2 Å². The number of rotatable bonds is 4. The molecule has 0 atom stereocenters. The summed E-state index contributed by atoms with van der Waals surface area (Å²) in [6, 6.07) is 12.8. The lowest BCUT2D eigenvalue weighted by atomic mass is 10.1. The van der Waals surface area contributed by atoms with E-state index in [1.807, 2.05) is 18.2 Å². The van der Waals surface area contributed by atoms with Gasteiger partial charge in [0, 0.05) is 17.1 Å². The number of benzene rings is 2. The molecule has 0 saturated heterocycles. The summed E-state index contributed by atoms with van der Waals surface area (Å²) in [5.41, 5.74) is 1.11. The molecule has 1 amide bonds. The van der Waals surface area contributed by atoms with Gasteiger partial charge in [0.05, 0.1) is 19.2 Å². The Labute approximate surface area is 137 Å². The summed E-state index contributed by atoms with van der Waals surface area (Å²) in [5.74, 6) is -0.632. The number of methoxy groups -OCH3 is 1. The van der Waals surface area contributed by atoms with Gasteiger partial charge in [-0.05, 0) is 29.7 Å². The van der Waals surface area contributed by atoms with Crippen LogP contribution in [0.5, 0.6) is 5.75 Å². The molecule has 0 aliphatic heterocycles. The number of aromatic nitrogens is 1. The summed E-state index contributed by atoms with van der Waals surface area (Å²) in [7, 11) is 1.39. The van der Waals surface area contributed by atoms with Gasteiger partial charge in [0.25, 0.3) is 5.56 Å². The van der Waals surface area contributed by atoms with Crippen LogP contribution in [-0.2, 0) is 11.2 Å². The van der Waals surface area contributed by atoms with E-state index in [4.69, 9.17) is 4.74 Å². The van der Waals surface area contributed by atoms with Crippen LogP contribution in [0.2, 0.25) is 0 Å². The molecule has 122 valence electrons. The number of H-pyrrole nitrogens is 1. The fourth-order valence-electron chi connectivity index (χ4n) is 2.46. The molecule has 0 spiro atoms. The van der Waals surface area contributed by atoms with Crippen LogP contribution in [0.4, 0.5) is 10.1 Å². The third-order valence-electron chi connectivity index (χ3n) is 3.62. The second-order valence-electron chi connectivity index (χ2n) is 5.28. The predicted octanol–water partition coefficient (Wildman–Crippen LogP) is 2.86. The number of carbonyl (C=O) groups excluding carboxylic acids is 1. The highest BCUT2D eigenvalue weighted by molar-refractivity contribution is 5.94. The molecule has 0 fully saturated rings. The fraction of sp³-hybridized carbons (Fsp3) is 0.111. The van der Waals surface area contributed by atoms with E-state index in [1.165, 1.54) is 25.3 Å². The molecule has 6 heteroatoms. The molecule has 24 heavy (non-hydrogen) atoms. The molecule has 2 N–H and O–H groups in total. The summed E-state index contributed by atoms with van der Waals surface area (Å²) in [6.45, 7) is 0. The first-order chi connectivity index (χ1) is 11.6. The first kappa shape index (κ1) is 15.7. The molecule has 1 heterocycles. The van der Waals surface area contributed by atoms with Gasteiger partial charge in [0.15, 0.2) is 0 Å². The van der Waals surface area contributed by atoms with Crippen molar-refractivity contribution in [2.45, 2.75) is 6.42 Å². The number of fused-ring (bicyclic) bond motifs is 1. The largest absolute Gasteiger partial charge is 0.494 e. The van der Waals surface area contributed by atoms with E-state index < -0.39 is 5.82 Å². The summed E-state index contributed by atoms with van der Waals surface area (Å²) in [4.78, 5) is 27.0. The maximum Gasteiger partial charge on any atom is 0.252 e. The Morgan fingerprint density at radius 3 is 2.79 bits per heavy atom. The normalized spacial score (nSPS) is 10.6. The lowest BCUT2D eigenvalue weighted by Gasteiger charge is -2.10. The second kappa shape index (κ2) is 6.54. The zero-order valence-electron chi connectivity index (χ0n) is 12.9. The van der Waals surface area contributed by atoms with Gasteiger partial charge in [0.1, 0.15) is 11.6 Å². The zero-order chi connectivity index (χ0) is 17.1. The highest BCUT2D eigenvalue weighted by Crippen LogP contribution is 2.25. The third kappa shape index (κ3) is 3.27. The van der Waals surface area contributed by atoms with Crippen molar-refractivity contribution in [2.24, 2.45) is 0 Å². The molecule has 0 saturated carbocycles. The van der Waals surface area contributed by atoms with Crippen molar-refractivity contribution in [2.75, 3.05) is 12.4 Å². The molecule has 1 aromatic heterocycles. The maximum atomic E-state index is 13.2. The Bertz CT molecular complexity index is 966. The summed E-state index contributed by atoms with van der Waals surface area (Å²) in [5, 5.41) is 3.48. The van der Waals surface area contributed by atoms with E-state index in [0.717, 1.165) is 5.39 Å². The van der Waals surface area contributed by atoms with Crippen LogP contribution in [-0.4, -0.2) is 18.0 Å². The number of hydrogen-bond acceptors (Lipinski definition) is 3. The molecule has 0 aliphatic carbocycles. The summed E-state index contributed by atoms with van der Waals surface area (Å²) >= 11 is 0. The van der Waals surface area contributed by atoms with Crippen molar-refractivity contribution in [1.29, 1.82) is 0 Å². The number of halogens is 1. The molecule has 2 aromatic carbocycles. The van der Waals surface area contributed by atoms with Crippen molar-refractivity contribution in [3.8, 4) is 5.75 Å². The minimum absolute atomic E-state index is 0.0965. The topological polar surface area (TPSA) is 71.2 Å². The quantitative estimate of drug-likeness (QED) is 0.774. The molecule has 0 radical (unpaired) electrons. The van der Waals surface area contributed by atoms with Gasteiger partial charge < -0.3 is 15.0 Å². The van der Waals surface area contributed by atoms with Crippen molar-refractivity contribution in [3.05, 3.63) is 70.3 Å². The molecule has 0 aliphatic rings. The van der Waals surface area contributed by atoms with E-state index in [-0.39, 0.29) is 23.6 Å². The van der Waals surface area contributed by atoms with Crippen LogP contribution >= 0.6 is 0 Å². The monoisotopic (exact) mass is 326 g/mol.